The zero-order valence-corrected chi connectivity index (χ0v) is 19.5. The van der Waals surface area contributed by atoms with Crippen LogP contribution in [0.2, 0.25) is 0 Å². The second-order valence-electron chi connectivity index (χ2n) is 9.97. The third-order valence-corrected chi connectivity index (χ3v) is 8.29. The van der Waals surface area contributed by atoms with Gasteiger partial charge in [0.2, 0.25) is 0 Å². The number of fused-ring (bicyclic) bond motifs is 4. The van der Waals surface area contributed by atoms with Gasteiger partial charge < -0.3 is 4.74 Å². The van der Waals surface area contributed by atoms with Gasteiger partial charge in [-0.1, -0.05) is 54.9 Å². The second-order valence-corrected chi connectivity index (χ2v) is 11.0. The van der Waals surface area contributed by atoms with Gasteiger partial charge in [0, 0.05) is 29.4 Å². The first kappa shape index (κ1) is 21.0. The molecule has 1 aromatic heterocycles. The van der Waals surface area contributed by atoms with Crippen LogP contribution < -0.4 is 5.56 Å². The molecule has 1 saturated heterocycles. The quantitative estimate of drug-likeness (QED) is 0.351. The van der Waals surface area contributed by atoms with E-state index in [1.807, 2.05) is 10.6 Å². The Hall–Kier alpha value is -1.85. The monoisotopic (exact) mass is 436 g/mol. The molecule has 2 fully saturated rings. The van der Waals surface area contributed by atoms with E-state index in [-0.39, 0.29) is 22.6 Å². The van der Waals surface area contributed by atoms with Gasteiger partial charge in [0.05, 0.1) is 16.9 Å². The van der Waals surface area contributed by atoms with Gasteiger partial charge in [-0.25, -0.2) is 4.98 Å². The zero-order chi connectivity index (χ0) is 21.6. The minimum atomic E-state index is -0.226. The zero-order valence-electron chi connectivity index (χ0n) is 18.7. The maximum absolute atomic E-state index is 14.3. The van der Waals surface area contributed by atoms with Gasteiger partial charge in [-0.2, -0.15) is 0 Å². The lowest BCUT2D eigenvalue weighted by atomic mass is 9.68. The van der Waals surface area contributed by atoms with Crippen molar-refractivity contribution >= 4 is 11.8 Å². The SMILES string of the molecule is C=CCSc1nc2c(c(=O)n1[C@@H]1CCOC(C)(C)C1)C1(CCCC1)Cc1ccccc1-2. The van der Waals surface area contributed by atoms with Crippen molar-refractivity contribution in [1.29, 1.82) is 0 Å². The number of rotatable bonds is 4. The van der Waals surface area contributed by atoms with Gasteiger partial charge in [-0.05, 0) is 51.5 Å². The van der Waals surface area contributed by atoms with Crippen molar-refractivity contribution in [2.75, 3.05) is 12.4 Å². The molecule has 5 rings (SSSR count). The van der Waals surface area contributed by atoms with Crippen LogP contribution in [0, 0.1) is 0 Å². The Balaban J connectivity index is 1.75. The number of aromatic nitrogens is 2. The Bertz CT molecular complexity index is 1070. The molecule has 164 valence electrons. The van der Waals surface area contributed by atoms with Crippen LogP contribution in [0.3, 0.4) is 0 Å². The summed E-state index contributed by atoms with van der Waals surface area (Å²) in [6.07, 6.45) is 9.10. The lowest BCUT2D eigenvalue weighted by molar-refractivity contribution is -0.0710. The van der Waals surface area contributed by atoms with E-state index in [9.17, 15) is 4.79 Å². The molecule has 2 aromatic rings. The van der Waals surface area contributed by atoms with Gasteiger partial charge in [0.1, 0.15) is 0 Å². The fraction of sp³-hybridized carbons (Fsp3) is 0.538. The van der Waals surface area contributed by atoms with Crippen LogP contribution >= 0.6 is 11.8 Å². The summed E-state index contributed by atoms with van der Waals surface area (Å²) in [7, 11) is 0. The number of nitrogens with zero attached hydrogens (tertiary/aromatic N) is 2. The molecule has 0 N–H and O–H groups in total. The van der Waals surface area contributed by atoms with Crippen LogP contribution in [0.25, 0.3) is 11.3 Å². The van der Waals surface area contributed by atoms with E-state index in [4.69, 9.17) is 9.72 Å². The highest BCUT2D eigenvalue weighted by atomic mass is 32.2. The third-order valence-electron chi connectivity index (χ3n) is 7.34. The van der Waals surface area contributed by atoms with E-state index in [2.05, 4.69) is 44.7 Å². The molecule has 0 bridgehead atoms. The Morgan fingerprint density at radius 3 is 2.81 bits per heavy atom. The highest BCUT2D eigenvalue weighted by molar-refractivity contribution is 7.99. The first-order chi connectivity index (χ1) is 14.9. The Labute approximate surface area is 189 Å². The van der Waals surface area contributed by atoms with E-state index < -0.39 is 0 Å². The van der Waals surface area contributed by atoms with Crippen molar-refractivity contribution in [2.45, 2.75) is 81.0 Å². The molecule has 0 radical (unpaired) electrons. The van der Waals surface area contributed by atoms with Crippen LogP contribution in [-0.2, 0) is 16.6 Å². The summed E-state index contributed by atoms with van der Waals surface area (Å²) < 4.78 is 8.00. The lowest BCUT2D eigenvalue weighted by Gasteiger charge is -2.40. The Morgan fingerprint density at radius 2 is 2.06 bits per heavy atom. The summed E-state index contributed by atoms with van der Waals surface area (Å²) in [6, 6.07) is 8.68. The smallest absolute Gasteiger partial charge is 0.258 e. The minimum absolute atomic E-state index is 0.0577. The molecule has 2 aliphatic carbocycles. The average Bonchev–Trinajstić information content (AvgIpc) is 3.19. The molecule has 0 amide bonds. The number of ether oxygens (including phenoxy) is 1. The summed E-state index contributed by atoms with van der Waals surface area (Å²) in [4.78, 5) is 19.6. The number of benzene rings is 1. The standard InChI is InChI=1S/C26H32N2O2S/c1-4-15-31-24-27-22-20-10-6-5-9-18(20)16-26(12-7-8-13-26)21(22)23(29)28(24)19-11-14-30-25(2,3)17-19/h4-6,9-10,19H,1,7-8,11-17H2,2-3H3/t19-/m1/s1. The molecule has 1 aromatic carbocycles. The summed E-state index contributed by atoms with van der Waals surface area (Å²) >= 11 is 1.63. The van der Waals surface area contributed by atoms with E-state index >= 15 is 0 Å². The van der Waals surface area contributed by atoms with Gasteiger partial charge in [0.25, 0.3) is 5.56 Å². The normalized spacial score (nSPS) is 23.4. The molecular formula is C26H32N2O2S. The van der Waals surface area contributed by atoms with Crippen molar-refractivity contribution < 1.29 is 4.74 Å². The predicted molar refractivity (Wildman–Crippen MR) is 127 cm³/mol. The largest absolute Gasteiger partial charge is 0.375 e. The van der Waals surface area contributed by atoms with Crippen molar-refractivity contribution in [3.63, 3.8) is 0 Å². The molecular weight excluding hydrogens is 404 g/mol. The second kappa shape index (κ2) is 7.93. The highest BCUT2D eigenvalue weighted by Crippen LogP contribution is 2.50. The van der Waals surface area contributed by atoms with Crippen molar-refractivity contribution in [3.05, 3.63) is 58.4 Å². The molecule has 31 heavy (non-hydrogen) atoms. The molecule has 3 aliphatic rings. The summed E-state index contributed by atoms with van der Waals surface area (Å²) in [5, 5.41) is 0.830. The highest BCUT2D eigenvalue weighted by Gasteiger charge is 2.45. The van der Waals surface area contributed by atoms with Crippen molar-refractivity contribution in [2.24, 2.45) is 0 Å². The maximum Gasteiger partial charge on any atom is 0.258 e. The van der Waals surface area contributed by atoms with Crippen molar-refractivity contribution in [1.82, 2.24) is 9.55 Å². The Morgan fingerprint density at radius 1 is 1.29 bits per heavy atom. The van der Waals surface area contributed by atoms with E-state index in [1.165, 1.54) is 18.4 Å². The van der Waals surface area contributed by atoms with Gasteiger partial charge in [0.15, 0.2) is 5.16 Å². The minimum Gasteiger partial charge on any atom is -0.375 e. The summed E-state index contributed by atoms with van der Waals surface area (Å²) in [5.74, 6) is 0.741. The fourth-order valence-corrected chi connectivity index (χ4v) is 6.80. The van der Waals surface area contributed by atoms with Crippen LogP contribution in [0.1, 0.15) is 69.5 Å². The van der Waals surface area contributed by atoms with Gasteiger partial charge in [-0.15, -0.1) is 6.58 Å². The van der Waals surface area contributed by atoms with Crippen LogP contribution in [0.5, 0.6) is 0 Å². The maximum atomic E-state index is 14.3. The molecule has 0 unspecified atom stereocenters. The van der Waals surface area contributed by atoms with Crippen molar-refractivity contribution in [3.8, 4) is 11.3 Å². The molecule has 1 spiro atoms. The van der Waals surface area contributed by atoms with Crippen LogP contribution in [-0.4, -0.2) is 27.5 Å². The Kier molecular flexibility index (Phi) is 5.38. The van der Waals surface area contributed by atoms with Crippen LogP contribution in [0.15, 0.2) is 46.9 Å². The average molecular weight is 437 g/mol. The van der Waals surface area contributed by atoms with Gasteiger partial charge >= 0.3 is 0 Å². The molecule has 1 saturated carbocycles. The van der Waals surface area contributed by atoms with Crippen LogP contribution in [0.4, 0.5) is 0 Å². The molecule has 5 heteroatoms. The van der Waals surface area contributed by atoms with Gasteiger partial charge in [-0.3, -0.25) is 9.36 Å². The number of hydrogen-bond acceptors (Lipinski definition) is 4. The summed E-state index contributed by atoms with van der Waals surface area (Å²) in [6.45, 7) is 8.82. The molecule has 1 aliphatic heterocycles. The number of hydrogen-bond donors (Lipinski definition) is 0. The lowest BCUT2D eigenvalue weighted by Crippen LogP contribution is -2.44. The van der Waals surface area contributed by atoms with E-state index in [1.54, 1.807) is 11.8 Å². The van der Waals surface area contributed by atoms with E-state index in [0.29, 0.717) is 6.61 Å². The summed E-state index contributed by atoms with van der Waals surface area (Å²) in [5.41, 5.74) is 4.31. The number of thioether (sulfide) groups is 1. The fourth-order valence-electron chi connectivity index (χ4n) is 6.00. The molecule has 4 nitrogen and oxygen atoms in total. The topological polar surface area (TPSA) is 44.1 Å². The van der Waals surface area contributed by atoms with E-state index in [0.717, 1.165) is 59.8 Å². The predicted octanol–water partition coefficient (Wildman–Crippen LogP) is 5.69. The first-order valence-corrected chi connectivity index (χ1v) is 12.6. The first-order valence-electron chi connectivity index (χ1n) is 11.6. The third kappa shape index (κ3) is 3.60. The molecule has 2 heterocycles. The molecule has 1 atom stereocenters.